The first-order valence-electron chi connectivity index (χ1n) is 8.38. The van der Waals surface area contributed by atoms with Gasteiger partial charge in [-0.1, -0.05) is 55.4 Å². The Balaban J connectivity index is 1.97. The molecular formula is C20H23BN2. The Morgan fingerprint density at radius 2 is 2.04 bits per heavy atom. The van der Waals surface area contributed by atoms with Crippen molar-refractivity contribution in [3.05, 3.63) is 53.3 Å². The summed E-state index contributed by atoms with van der Waals surface area (Å²) >= 11 is 0. The van der Waals surface area contributed by atoms with E-state index in [1.165, 1.54) is 36.0 Å². The molecule has 1 aromatic heterocycles. The molecule has 0 saturated heterocycles. The minimum atomic E-state index is 1.00. The van der Waals surface area contributed by atoms with E-state index in [1.807, 2.05) is 0 Å². The van der Waals surface area contributed by atoms with E-state index < -0.39 is 0 Å². The van der Waals surface area contributed by atoms with Gasteiger partial charge in [0.05, 0.1) is 14.1 Å². The van der Waals surface area contributed by atoms with Crippen molar-refractivity contribution in [2.75, 3.05) is 0 Å². The highest BCUT2D eigenvalue weighted by Crippen LogP contribution is 2.17. The minimum absolute atomic E-state index is 1.00. The molecule has 0 atom stereocenters. The van der Waals surface area contributed by atoms with Crippen LogP contribution in [0, 0.1) is 11.8 Å². The molecule has 0 N–H and O–H groups in total. The van der Waals surface area contributed by atoms with Crippen molar-refractivity contribution >= 4 is 19.1 Å². The second-order valence-electron chi connectivity index (χ2n) is 6.19. The molecule has 0 amide bonds. The molecule has 3 heteroatoms. The van der Waals surface area contributed by atoms with Crippen LogP contribution in [0.5, 0.6) is 0 Å². The number of nitrogens with zero attached hydrogens (tertiary/aromatic N) is 2. The fourth-order valence-electron chi connectivity index (χ4n) is 2.97. The molecule has 0 spiro atoms. The van der Waals surface area contributed by atoms with Crippen molar-refractivity contribution in [2.45, 2.75) is 32.1 Å². The number of aryl methyl sites for hydroxylation is 2. The van der Waals surface area contributed by atoms with Gasteiger partial charge in [-0.3, -0.25) is 14.6 Å². The highest BCUT2D eigenvalue weighted by Gasteiger charge is 2.03. The second kappa shape index (κ2) is 7.37. The molecule has 0 saturated carbocycles. The number of fused-ring (bicyclic) bond motifs is 1. The van der Waals surface area contributed by atoms with Crippen molar-refractivity contribution in [3.63, 3.8) is 0 Å². The zero-order valence-corrected chi connectivity index (χ0v) is 14.0. The van der Waals surface area contributed by atoms with Crippen molar-refractivity contribution in [1.29, 1.82) is 0 Å². The van der Waals surface area contributed by atoms with Crippen molar-refractivity contribution in [2.24, 2.45) is 14.1 Å². The van der Waals surface area contributed by atoms with Crippen LogP contribution < -0.4 is 10.3 Å². The Hall–Kier alpha value is -2.21. The zero-order valence-electron chi connectivity index (χ0n) is 14.0. The third-order valence-corrected chi connectivity index (χ3v) is 4.34. The molecule has 2 nitrogen and oxygen atoms in total. The van der Waals surface area contributed by atoms with Gasteiger partial charge in [0.25, 0.3) is 0 Å². The molecule has 1 aromatic carbocycles. The maximum Gasteiger partial charge on any atom is 0.125 e. The largest absolute Gasteiger partial charge is 0.288 e. The predicted octanol–water partition coefficient (Wildman–Crippen LogP) is 2.54. The normalized spacial score (nSPS) is 17.2. The van der Waals surface area contributed by atoms with Crippen molar-refractivity contribution < 1.29 is 4.57 Å². The van der Waals surface area contributed by atoms with Crippen LogP contribution in [-0.2, 0) is 14.1 Å². The molecule has 0 aliphatic heterocycles. The molecule has 23 heavy (non-hydrogen) atoms. The lowest BCUT2D eigenvalue weighted by Crippen LogP contribution is -2.50. The third kappa shape index (κ3) is 3.96. The van der Waals surface area contributed by atoms with E-state index in [0.29, 0.717) is 0 Å². The smallest absolute Gasteiger partial charge is 0.125 e. The Bertz CT molecular complexity index is 755. The number of hydrogen-bond donors (Lipinski definition) is 0. The van der Waals surface area contributed by atoms with Crippen LogP contribution in [0.2, 0.25) is 0 Å². The topological polar surface area (TPSA) is 8.81 Å². The molecule has 0 fully saturated rings. The number of allylic oxidation sites excluding steroid dienone is 1. The van der Waals surface area contributed by atoms with Crippen LogP contribution >= 0.6 is 0 Å². The van der Waals surface area contributed by atoms with Gasteiger partial charge in [-0.05, 0) is 18.1 Å². The average Bonchev–Trinajstić information content (AvgIpc) is 2.84. The van der Waals surface area contributed by atoms with Gasteiger partial charge >= 0.3 is 0 Å². The number of benzene rings is 1. The van der Waals surface area contributed by atoms with E-state index in [1.54, 1.807) is 0 Å². The summed E-state index contributed by atoms with van der Waals surface area (Å²) in [4.78, 5) is 0. The fraction of sp³-hybridized carbons (Fsp3) is 0.350. The molecular weight excluding hydrogens is 279 g/mol. The van der Waals surface area contributed by atoms with Gasteiger partial charge in [0, 0.05) is 17.7 Å². The zero-order chi connectivity index (χ0) is 16.1. The number of aromatic nitrogens is 2. The van der Waals surface area contributed by atoms with Gasteiger partial charge in [-0.25, -0.2) is 0 Å². The van der Waals surface area contributed by atoms with Gasteiger partial charge in [-0.2, -0.15) is 7.28 Å². The Morgan fingerprint density at radius 3 is 2.87 bits per heavy atom. The summed E-state index contributed by atoms with van der Waals surface area (Å²) in [7, 11) is 6.50. The highest BCUT2D eigenvalue weighted by molar-refractivity contribution is 6.59. The average molecular weight is 302 g/mol. The van der Waals surface area contributed by atoms with Gasteiger partial charge < -0.3 is 0 Å². The van der Waals surface area contributed by atoms with Crippen molar-refractivity contribution in [3.8, 4) is 11.8 Å². The standard InChI is InChI=1S/C20H23BN2/c1-22-14-15-23(2)20(22)21-19-13-7-5-3-4-6-10-17-11-8-9-12-18(17)16-19/h8-9,11-12,14-16H,3-5,7,13H2,1-2H3/b19-16-. The lowest BCUT2D eigenvalue weighted by molar-refractivity contribution is -0.652. The van der Waals surface area contributed by atoms with Gasteiger partial charge in [0.15, 0.2) is 0 Å². The maximum atomic E-state index is 3.34. The quantitative estimate of drug-likeness (QED) is 0.458. The van der Waals surface area contributed by atoms with Gasteiger partial charge in [-0.15, -0.1) is 0 Å². The van der Waals surface area contributed by atoms with Crippen LogP contribution in [0.15, 0.2) is 42.1 Å². The summed E-state index contributed by atoms with van der Waals surface area (Å²) in [5, 5.41) is 0. The first kappa shape index (κ1) is 15.7. The monoisotopic (exact) mass is 302 g/mol. The summed E-state index contributed by atoms with van der Waals surface area (Å²) in [6, 6.07) is 8.45. The van der Waals surface area contributed by atoms with Crippen LogP contribution in [0.4, 0.5) is 0 Å². The Kier molecular flexibility index (Phi) is 5.03. The predicted molar refractivity (Wildman–Crippen MR) is 96.4 cm³/mol. The first-order chi connectivity index (χ1) is 11.2. The van der Waals surface area contributed by atoms with E-state index in [-0.39, 0.29) is 0 Å². The molecule has 0 unspecified atom stereocenters. The van der Waals surface area contributed by atoms with E-state index in [9.17, 15) is 0 Å². The molecule has 116 valence electrons. The molecule has 1 heterocycles. The van der Waals surface area contributed by atoms with E-state index in [4.69, 9.17) is 0 Å². The second-order valence-corrected chi connectivity index (χ2v) is 6.19. The van der Waals surface area contributed by atoms with E-state index >= 15 is 0 Å². The lowest BCUT2D eigenvalue weighted by atomic mass is 9.65. The van der Waals surface area contributed by atoms with Crippen LogP contribution in [0.3, 0.4) is 0 Å². The first-order valence-corrected chi connectivity index (χ1v) is 8.38. The molecule has 0 bridgehead atoms. The number of rotatable bonds is 2. The Labute approximate surface area is 140 Å². The van der Waals surface area contributed by atoms with Gasteiger partial charge in [0.2, 0.25) is 0 Å². The summed E-state index contributed by atoms with van der Waals surface area (Å²) in [6.07, 6.45) is 12.3. The third-order valence-electron chi connectivity index (χ3n) is 4.34. The minimum Gasteiger partial charge on any atom is -0.288 e. The highest BCUT2D eigenvalue weighted by atomic mass is 15.1. The fourth-order valence-corrected chi connectivity index (χ4v) is 2.97. The summed E-state index contributed by atoms with van der Waals surface area (Å²) in [6.45, 7) is 0. The number of hydrogen-bond acceptors (Lipinski definition) is 0. The molecule has 1 aliphatic carbocycles. The number of imidazole rings is 1. The lowest BCUT2D eigenvalue weighted by Gasteiger charge is -2.20. The van der Waals surface area contributed by atoms with Crippen LogP contribution in [-0.4, -0.2) is 11.8 Å². The maximum absolute atomic E-state index is 3.34. The summed E-state index contributed by atoms with van der Waals surface area (Å²) < 4.78 is 4.33. The van der Waals surface area contributed by atoms with E-state index in [0.717, 1.165) is 18.4 Å². The molecule has 3 rings (SSSR count). The van der Waals surface area contributed by atoms with Gasteiger partial charge in [0.1, 0.15) is 12.4 Å². The van der Waals surface area contributed by atoms with Crippen LogP contribution in [0.25, 0.3) is 6.08 Å². The molecule has 2 aromatic rings. The summed E-state index contributed by atoms with van der Waals surface area (Å²) in [5.74, 6) is 6.66. The molecule has 1 aliphatic rings. The summed E-state index contributed by atoms with van der Waals surface area (Å²) in [5.41, 5.74) is 4.95. The Morgan fingerprint density at radius 1 is 1.17 bits per heavy atom. The van der Waals surface area contributed by atoms with Crippen LogP contribution in [0.1, 0.15) is 43.2 Å². The SMILES string of the molecule is Cn1cc[n+](C)c1[B-]/C1=C\c2ccccc2C#CCCCCC1. The molecule has 2 radical (unpaired) electrons. The van der Waals surface area contributed by atoms with E-state index in [2.05, 4.69) is 85.1 Å². The van der Waals surface area contributed by atoms with Crippen molar-refractivity contribution in [1.82, 2.24) is 4.57 Å².